The summed E-state index contributed by atoms with van der Waals surface area (Å²) in [6.45, 7) is 9.26. The van der Waals surface area contributed by atoms with Gasteiger partial charge in [0.15, 0.2) is 11.9 Å². The van der Waals surface area contributed by atoms with Crippen LogP contribution in [-0.2, 0) is 19.0 Å². The van der Waals surface area contributed by atoms with Crippen molar-refractivity contribution < 1.29 is 33.3 Å². The third-order valence-corrected chi connectivity index (χ3v) is 5.26. The molecule has 1 saturated heterocycles. The number of nitrogens with one attached hydrogen (secondary N) is 2. The summed E-state index contributed by atoms with van der Waals surface area (Å²) in [6.07, 6.45) is -2.83. The van der Waals surface area contributed by atoms with E-state index in [1.165, 1.54) is 20.0 Å². The van der Waals surface area contributed by atoms with Gasteiger partial charge in [0.1, 0.15) is 30.0 Å². The van der Waals surface area contributed by atoms with Gasteiger partial charge in [-0.05, 0) is 48.5 Å². The number of rotatable bonds is 5. The van der Waals surface area contributed by atoms with Crippen molar-refractivity contribution in [2.24, 2.45) is 0 Å². The fourth-order valence-corrected chi connectivity index (χ4v) is 3.11. The van der Waals surface area contributed by atoms with Crippen molar-refractivity contribution in [3.05, 3.63) is 32.6 Å². The summed E-state index contributed by atoms with van der Waals surface area (Å²) < 4.78 is 31.8. The predicted octanol–water partition coefficient (Wildman–Crippen LogP) is 0.678. The summed E-state index contributed by atoms with van der Waals surface area (Å²) in [7, 11) is 0. The Kier molecular flexibility index (Phi) is 6.91. The van der Waals surface area contributed by atoms with E-state index in [0.29, 0.717) is 4.57 Å². The Morgan fingerprint density at radius 1 is 1.38 bits per heavy atom. The topological polar surface area (TPSA) is 149 Å². The highest BCUT2D eigenvalue weighted by Gasteiger charge is 2.64. The first-order valence-electron chi connectivity index (χ1n) is 10.0. The molecule has 180 valence electrons. The first-order valence-corrected chi connectivity index (χ1v) is 10.0. The summed E-state index contributed by atoms with van der Waals surface area (Å²) in [6, 6.07) is -1.11. The molecule has 0 aliphatic carbocycles. The number of amides is 1. The third-order valence-electron chi connectivity index (χ3n) is 5.26. The molecule has 1 fully saturated rings. The van der Waals surface area contributed by atoms with Gasteiger partial charge >= 0.3 is 17.8 Å². The van der Waals surface area contributed by atoms with E-state index in [1.807, 2.05) is 0 Å². The molecule has 1 amide bonds. The number of carbonyl (C=O) groups is 2. The van der Waals surface area contributed by atoms with E-state index in [2.05, 4.69) is 10.3 Å². The fourth-order valence-electron chi connectivity index (χ4n) is 3.11. The summed E-state index contributed by atoms with van der Waals surface area (Å²) >= 11 is 0. The number of ether oxygens (including phenoxy) is 3. The number of H-pyrrole nitrogens is 1. The maximum atomic E-state index is 15.6. The van der Waals surface area contributed by atoms with Crippen LogP contribution in [0.15, 0.2) is 15.8 Å². The third kappa shape index (κ3) is 5.01. The SMILES string of the molecule is Cc1c[nH]c(=O)n([C@@H]2O[C@@H](COC(=O)C(C)NC(=O)OC(C)(C)C)[C@@](C)(O)[C@@]2(C)F)c1=O. The zero-order chi connectivity index (χ0) is 24.6. The molecule has 1 aliphatic rings. The number of hydrogen-bond acceptors (Lipinski definition) is 8. The van der Waals surface area contributed by atoms with Gasteiger partial charge in [0.2, 0.25) is 0 Å². The van der Waals surface area contributed by atoms with Gasteiger partial charge in [0.25, 0.3) is 5.56 Å². The maximum absolute atomic E-state index is 15.6. The van der Waals surface area contributed by atoms with Crippen LogP contribution >= 0.6 is 0 Å². The smallest absolute Gasteiger partial charge is 0.408 e. The Balaban J connectivity index is 2.14. The molecule has 1 unspecified atom stereocenters. The number of hydrogen-bond donors (Lipinski definition) is 3. The summed E-state index contributed by atoms with van der Waals surface area (Å²) in [5.41, 5.74) is -7.15. The van der Waals surface area contributed by atoms with Crippen LogP contribution in [0.1, 0.15) is 53.3 Å². The number of esters is 1. The van der Waals surface area contributed by atoms with Crippen LogP contribution in [0.25, 0.3) is 0 Å². The Hall–Kier alpha value is -2.73. The van der Waals surface area contributed by atoms with E-state index in [-0.39, 0.29) is 5.56 Å². The second-order valence-corrected chi connectivity index (χ2v) is 9.15. The van der Waals surface area contributed by atoms with Crippen LogP contribution < -0.4 is 16.6 Å². The number of aromatic nitrogens is 2. The van der Waals surface area contributed by atoms with E-state index >= 15 is 4.39 Å². The van der Waals surface area contributed by atoms with Gasteiger partial charge in [-0.25, -0.2) is 23.3 Å². The molecule has 32 heavy (non-hydrogen) atoms. The molecule has 2 heterocycles. The van der Waals surface area contributed by atoms with E-state index in [0.717, 1.165) is 13.8 Å². The largest absolute Gasteiger partial charge is 0.461 e. The number of alkyl carbamates (subject to hydrolysis) is 1. The van der Waals surface area contributed by atoms with Crippen molar-refractivity contribution in [1.82, 2.24) is 14.9 Å². The van der Waals surface area contributed by atoms with Gasteiger partial charge in [-0.3, -0.25) is 4.79 Å². The number of halogens is 1. The highest BCUT2D eigenvalue weighted by molar-refractivity contribution is 5.81. The first-order chi connectivity index (χ1) is 14.5. The second kappa shape index (κ2) is 8.66. The van der Waals surface area contributed by atoms with Crippen LogP contribution in [0.4, 0.5) is 9.18 Å². The lowest BCUT2D eigenvalue weighted by Gasteiger charge is -2.32. The number of nitrogens with zero attached hydrogens (tertiary/aromatic N) is 1. The van der Waals surface area contributed by atoms with Crippen molar-refractivity contribution >= 4 is 12.1 Å². The molecule has 1 aromatic heterocycles. The summed E-state index contributed by atoms with van der Waals surface area (Å²) in [5, 5.41) is 13.1. The molecule has 1 aromatic rings. The molecule has 3 N–H and O–H groups in total. The normalized spacial score (nSPS) is 28.8. The molecular formula is C20H30FN3O8. The molecular weight excluding hydrogens is 429 g/mol. The van der Waals surface area contributed by atoms with E-state index in [9.17, 15) is 24.3 Å². The monoisotopic (exact) mass is 459 g/mol. The highest BCUT2D eigenvalue weighted by Crippen LogP contribution is 2.47. The maximum Gasteiger partial charge on any atom is 0.408 e. The zero-order valence-electron chi connectivity index (χ0n) is 19.1. The van der Waals surface area contributed by atoms with E-state index in [1.54, 1.807) is 20.8 Å². The van der Waals surface area contributed by atoms with Crippen LogP contribution in [0.2, 0.25) is 0 Å². The molecule has 5 atom stereocenters. The lowest BCUT2D eigenvalue weighted by molar-refractivity contribution is -0.155. The Morgan fingerprint density at radius 3 is 2.53 bits per heavy atom. The minimum atomic E-state index is -2.59. The lowest BCUT2D eigenvalue weighted by Crippen LogP contribution is -2.54. The molecule has 11 nitrogen and oxygen atoms in total. The molecule has 0 saturated carbocycles. The molecule has 1 aliphatic heterocycles. The number of aromatic amines is 1. The average molecular weight is 459 g/mol. The van der Waals surface area contributed by atoms with Gasteiger partial charge in [0, 0.05) is 11.8 Å². The number of aliphatic hydroxyl groups is 1. The van der Waals surface area contributed by atoms with Crippen LogP contribution in [-0.4, -0.2) is 62.3 Å². The minimum absolute atomic E-state index is 0.139. The fraction of sp³-hybridized carbons (Fsp3) is 0.700. The Labute approximate surface area is 183 Å². The predicted molar refractivity (Wildman–Crippen MR) is 110 cm³/mol. The van der Waals surface area contributed by atoms with E-state index < -0.39 is 65.2 Å². The van der Waals surface area contributed by atoms with Crippen LogP contribution in [0.5, 0.6) is 0 Å². The van der Waals surface area contributed by atoms with Crippen molar-refractivity contribution in [2.75, 3.05) is 6.61 Å². The van der Waals surface area contributed by atoms with Gasteiger partial charge in [-0.1, -0.05) is 0 Å². The van der Waals surface area contributed by atoms with Gasteiger partial charge in [-0.15, -0.1) is 0 Å². The van der Waals surface area contributed by atoms with Crippen molar-refractivity contribution in [3.8, 4) is 0 Å². The van der Waals surface area contributed by atoms with Crippen LogP contribution in [0.3, 0.4) is 0 Å². The highest BCUT2D eigenvalue weighted by atomic mass is 19.1. The van der Waals surface area contributed by atoms with Gasteiger partial charge in [0.05, 0.1) is 0 Å². The molecule has 12 heteroatoms. The summed E-state index contributed by atoms with van der Waals surface area (Å²) in [4.78, 5) is 50.9. The second-order valence-electron chi connectivity index (χ2n) is 9.15. The van der Waals surface area contributed by atoms with Gasteiger partial charge < -0.3 is 29.6 Å². The first kappa shape index (κ1) is 25.5. The van der Waals surface area contributed by atoms with Gasteiger partial charge in [-0.2, -0.15) is 0 Å². The lowest BCUT2D eigenvalue weighted by atomic mass is 9.84. The van der Waals surface area contributed by atoms with Crippen LogP contribution in [0, 0.1) is 6.92 Å². The molecule has 0 radical (unpaired) electrons. The standard InChI is InChI=1S/C20H30FN3O8/c1-10-8-22-16(27)24(13(10)25)15-19(6,21)20(7,29)12(31-15)9-30-14(26)11(2)23-17(28)32-18(3,4)5/h8,11-12,15,29H,9H2,1-7H3,(H,22,27)(H,23,28)/t11?,12-,15+,19-,20+/m0/s1. The quantitative estimate of drug-likeness (QED) is 0.544. The van der Waals surface area contributed by atoms with Crippen molar-refractivity contribution in [2.45, 2.75) is 83.7 Å². The van der Waals surface area contributed by atoms with Crippen molar-refractivity contribution in [1.29, 1.82) is 0 Å². The van der Waals surface area contributed by atoms with E-state index in [4.69, 9.17) is 14.2 Å². The van der Waals surface area contributed by atoms with Crippen molar-refractivity contribution in [3.63, 3.8) is 0 Å². The Morgan fingerprint density at radius 2 is 1.97 bits per heavy atom. The number of alkyl halides is 1. The molecule has 0 spiro atoms. The minimum Gasteiger partial charge on any atom is -0.461 e. The molecule has 0 bridgehead atoms. The molecule has 0 aromatic carbocycles. The zero-order valence-corrected chi connectivity index (χ0v) is 19.1. The Bertz CT molecular complexity index is 992. The molecule has 2 rings (SSSR count). The number of aryl methyl sites for hydroxylation is 1. The average Bonchev–Trinajstić information content (AvgIpc) is 2.80. The summed E-state index contributed by atoms with van der Waals surface area (Å²) in [5.74, 6) is -0.884. The number of carbonyl (C=O) groups excluding carboxylic acids is 2.